The number of nitrogens with one attached hydrogen (secondary N) is 2. The van der Waals surface area contributed by atoms with Gasteiger partial charge in [0.1, 0.15) is 5.76 Å². The number of carbonyl (C=O) groups excluding carboxylic acids is 1. The first kappa shape index (κ1) is 17.5. The van der Waals surface area contributed by atoms with Gasteiger partial charge in [0.15, 0.2) is 0 Å². The van der Waals surface area contributed by atoms with Crippen LogP contribution in [0.2, 0.25) is 0 Å². The summed E-state index contributed by atoms with van der Waals surface area (Å²) in [6.07, 6.45) is 7.87. The molecule has 0 saturated carbocycles. The quantitative estimate of drug-likeness (QED) is 0.812. The average molecular weight is 342 g/mol. The van der Waals surface area contributed by atoms with Gasteiger partial charge in [-0.3, -0.25) is 9.88 Å². The molecule has 0 radical (unpaired) electrons. The van der Waals surface area contributed by atoms with Crippen LogP contribution in [-0.2, 0) is 6.42 Å². The van der Waals surface area contributed by atoms with Crippen LogP contribution in [0.25, 0.3) is 0 Å². The number of urea groups is 1. The highest BCUT2D eigenvalue weighted by Gasteiger charge is 2.24. The molecular weight excluding hydrogens is 316 g/mol. The predicted octanol–water partition coefficient (Wildman–Crippen LogP) is 2.74. The van der Waals surface area contributed by atoms with Crippen LogP contribution in [0, 0.1) is 0 Å². The van der Waals surface area contributed by atoms with Crippen molar-refractivity contribution in [1.29, 1.82) is 0 Å². The first-order chi connectivity index (χ1) is 12.3. The largest absolute Gasteiger partial charge is 0.468 e. The smallest absolute Gasteiger partial charge is 0.314 e. The second kappa shape index (κ2) is 9.22. The number of carbonyl (C=O) groups is 1. The molecule has 6 heteroatoms. The zero-order chi connectivity index (χ0) is 17.3. The van der Waals surface area contributed by atoms with Crippen molar-refractivity contribution in [1.82, 2.24) is 20.5 Å². The second-order valence-corrected chi connectivity index (χ2v) is 6.34. The Hall–Kier alpha value is -2.34. The zero-order valence-electron chi connectivity index (χ0n) is 14.5. The van der Waals surface area contributed by atoms with Gasteiger partial charge in [-0.15, -0.1) is 0 Å². The Morgan fingerprint density at radius 3 is 2.76 bits per heavy atom. The van der Waals surface area contributed by atoms with E-state index >= 15 is 0 Å². The molecule has 3 rings (SSSR count). The fourth-order valence-corrected chi connectivity index (χ4v) is 3.22. The van der Waals surface area contributed by atoms with Crippen molar-refractivity contribution in [3.63, 3.8) is 0 Å². The van der Waals surface area contributed by atoms with Crippen molar-refractivity contribution in [3.8, 4) is 0 Å². The number of hydrogen-bond acceptors (Lipinski definition) is 4. The molecule has 134 valence electrons. The third kappa shape index (κ3) is 5.32. The SMILES string of the molecule is O=C(NCCc1ccccn1)NC[C@@H](c1ccco1)N1CCCCC1. The summed E-state index contributed by atoms with van der Waals surface area (Å²) in [6, 6.07) is 9.64. The number of furan rings is 1. The molecule has 1 fully saturated rings. The average Bonchev–Trinajstić information content (AvgIpc) is 3.18. The molecule has 3 heterocycles. The Labute approximate surface area is 148 Å². The van der Waals surface area contributed by atoms with Crippen molar-refractivity contribution < 1.29 is 9.21 Å². The van der Waals surface area contributed by atoms with E-state index in [1.54, 1.807) is 12.5 Å². The lowest BCUT2D eigenvalue weighted by Gasteiger charge is -2.33. The van der Waals surface area contributed by atoms with Gasteiger partial charge in [0.05, 0.1) is 12.3 Å². The van der Waals surface area contributed by atoms with Crippen LogP contribution in [0.1, 0.15) is 36.8 Å². The minimum atomic E-state index is -0.149. The first-order valence-corrected chi connectivity index (χ1v) is 9.02. The first-order valence-electron chi connectivity index (χ1n) is 9.02. The Morgan fingerprint density at radius 2 is 2.04 bits per heavy atom. The molecule has 0 unspecified atom stereocenters. The molecule has 0 aromatic carbocycles. The molecule has 25 heavy (non-hydrogen) atoms. The van der Waals surface area contributed by atoms with Gasteiger partial charge in [-0.25, -0.2) is 4.79 Å². The summed E-state index contributed by atoms with van der Waals surface area (Å²) in [5.41, 5.74) is 0.976. The Bertz CT molecular complexity index is 624. The molecular formula is C19H26N4O2. The minimum absolute atomic E-state index is 0.0943. The Morgan fingerprint density at radius 1 is 1.16 bits per heavy atom. The number of aromatic nitrogens is 1. The van der Waals surface area contributed by atoms with Crippen LogP contribution >= 0.6 is 0 Å². The van der Waals surface area contributed by atoms with Gasteiger partial charge in [-0.05, 0) is 50.2 Å². The highest BCUT2D eigenvalue weighted by molar-refractivity contribution is 5.73. The molecule has 1 aliphatic rings. The number of hydrogen-bond donors (Lipinski definition) is 2. The van der Waals surface area contributed by atoms with E-state index in [9.17, 15) is 4.79 Å². The van der Waals surface area contributed by atoms with Crippen LogP contribution in [0.3, 0.4) is 0 Å². The van der Waals surface area contributed by atoms with Gasteiger partial charge < -0.3 is 15.1 Å². The van der Waals surface area contributed by atoms with E-state index < -0.39 is 0 Å². The van der Waals surface area contributed by atoms with Gasteiger partial charge in [-0.2, -0.15) is 0 Å². The maximum Gasteiger partial charge on any atom is 0.314 e. The van der Waals surface area contributed by atoms with Gasteiger partial charge in [0.25, 0.3) is 0 Å². The molecule has 6 nitrogen and oxygen atoms in total. The molecule has 2 aromatic rings. The van der Waals surface area contributed by atoms with Gasteiger partial charge in [0.2, 0.25) is 0 Å². The van der Waals surface area contributed by atoms with Crippen molar-refractivity contribution in [3.05, 3.63) is 54.2 Å². The second-order valence-electron chi connectivity index (χ2n) is 6.34. The van der Waals surface area contributed by atoms with Crippen LogP contribution in [0.5, 0.6) is 0 Å². The lowest BCUT2D eigenvalue weighted by atomic mass is 10.1. The molecule has 2 aromatic heterocycles. The minimum Gasteiger partial charge on any atom is -0.468 e. The molecule has 1 aliphatic heterocycles. The lowest BCUT2D eigenvalue weighted by molar-refractivity contribution is 0.143. The number of piperidine rings is 1. The highest BCUT2D eigenvalue weighted by Crippen LogP contribution is 2.24. The molecule has 1 atom stereocenters. The molecule has 1 saturated heterocycles. The van der Waals surface area contributed by atoms with E-state index in [0.29, 0.717) is 13.1 Å². The van der Waals surface area contributed by atoms with Crippen LogP contribution in [0.15, 0.2) is 47.2 Å². The molecule has 0 bridgehead atoms. The van der Waals surface area contributed by atoms with E-state index in [1.807, 2.05) is 30.3 Å². The summed E-state index contributed by atoms with van der Waals surface area (Å²) in [5, 5.41) is 5.88. The van der Waals surface area contributed by atoms with Crippen molar-refractivity contribution in [2.45, 2.75) is 31.7 Å². The maximum atomic E-state index is 12.1. The molecule has 0 spiro atoms. The summed E-state index contributed by atoms with van der Waals surface area (Å²) in [5.74, 6) is 0.913. The highest BCUT2D eigenvalue weighted by atomic mass is 16.3. The van der Waals surface area contributed by atoms with E-state index in [0.717, 1.165) is 31.0 Å². The van der Waals surface area contributed by atoms with E-state index in [1.165, 1.54) is 19.3 Å². The summed E-state index contributed by atoms with van der Waals surface area (Å²) in [6.45, 7) is 3.21. The molecule has 2 amide bonds. The normalized spacial score (nSPS) is 16.3. The fraction of sp³-hybridized carbons (Fsp3) is 0.474. The Balaban J connectivity index is 1.46. The lowest BCUT2D eigenvalue weighted by Crippen LogP contribution is -2.44. The maximum absolute atomic E-state index is 12.1. The number of rotatable bonds is 7. The molecule has 2 N–H and O–H groups in total. The van der Waals surface area contributed by atoms with Gasteiger partial charge in [-0.1, -0.05) is 12.5 Å². The third-order valence-electron chi connectivity index (χ3n) is 4.55. The van der Waals surface area contributed by atoms with Crippen LogP contribution < -0.4 is 10.6 Å². The van der Waals surface area contributed by atoms with Crippen LogP contribution in [-0.4, -0.2) is 42.1 Å². The predicted molar refractivity (Wildman–Crippen MR) is 96.2 cm³/mol. The monoisotopic (exact) mass is 342 g/mol. The number of nitrogens with zero attached hydrogens (tertiary/aromatic N) is 2. The summed E-state index contributed by atoms with van der Waals surface area (Å²) in [7, 11) is 0. The van der Waals surface area contributed by atoms with Crippen LogP contribution in [0.4, 0.5) is 4.79 Å². The van der Waals surface area contributed by atoms with Gasteiger partial charge in [0, 0.05) is 31.4 Å². The third-order valence-corrected chi connectivity index (χ3v) is 4.55. The number of amides is 2. The Kier molecular flexibility index (Phi) is 6.45. The van der Waals surface area contributed by atoms with E-state index in [2.05, 4.69) is 20.5 Å². The zero-order valence-corrected chi connectivity index (χ0v) is 14.5. The number of pyridine rings is 1. The van der Waals surface area contributed by atoms with Crippen molar-refractivity contribution in [2.75, 3.05) is 26.2 Å². The summed E-state index contributed by atoms with van der Waals surface area (Å²) < 4.78 is 5.60. The fourth-order valence-electron chi connectivity index (χ4n) is 3.22. The summed E-state index contributed by atoms with van der Waals surface area (Å²) >= 11 is 0. The molecule has 0 aliphatic carbocycles. The standard InChI is InChI=1S/C19H26N4O2/c24-19(21-11-9-16-7-2-3-10-20-16)22-15-17(18-8-6-14-25-18)23-12-4-1-5-13-23/h2-3,6-8,10,14,17H,1,4-5,9,11-13,15H2,(H2,21,22,24)/t17-/m0/s1. The number of likely N-dealkylation sites (tertiary alicyclic amines) is 1. The van der Waals surface area contributed by atoms with E-state index in [4.69, 9.17) is 4.42 Å². The topological polar surface area (TPSA) is 70.4 Å². The van der Waals surface area contributed by atoms with Gasteiger partial charge >= 0.3 is 6.03 Å². The summed E-state index contributed by atoms with van der Waals surface area (Å²) in [4.78, 5) is 18.8. The van der Waals surface area contributed by atoms with E-state index in [-0.39, 0.29) is 12.1 Å². The van der Waals surface area contributed by atoms with Crippen molar-refractivity contribution in [2.24, 2.45) is 0 Å². The van der Waals surface area contributed by atoms with Crippen molar-refractivity contribution >= 4 is 6.03 Å².